The third-order valence-electron chi connectivity index (χ3n) is 3.22. The second-order valence-corrected chi connectivity index (χ2v) is 4.75. The summed E-state index contributed by atoms with van der Waals surface area (Å²) >= 11 is 0. The molecule has 0 bridgehead atoms. The Morgan fingerprint density at radius 1 is 1.00 bits per heavy atom. The number of ether oxygens (including phenoxy) is 2. The molecule has 0 saturated heterocycles. The Morgan fingerprint density at radius 3 is 2.29 bits per heavy atom. The van der Waals surface area contributed by atoms with E-state index in [0.29, 0.717) is 5.69 Å². The Hall–Kier alpha value is -3.15. The van der Waals surface area contributed by atoms with E-state index in [2.05, 4.69) is 14.8 Å². The van der Waals surface area contributed by atoms with Gasteiger partial charge >= 0.3 is 11.9 Å². The summed E-state index contributed by atoms with van der Waals surface area (Å²) in [6.07, 6.45) is 1.01. The molecule has 0 unspecified atom stereocenters. The van der Waals surface area contributed by atoms with E-state index in [1.165, 1.54) is 26.4 Å². The lowest BCUT2D eigenvalue weighted by molar-refractivity contribution is -0.138. The summed E-state index contributed by atoms with van der Waals surface area (Å²) in [7, 11) is 2.42. The van der Waals surface area contributed by atoms with Gasteiger partial charge in [-0.1, -0.05) is 30.3 Å². The van der Waals surface area contributed by atoms with E-state index in [1.807, 2.05) is 12.1 Å². The van der Waals surface area contributed by atoms with Gasteiger partial charge < -0.3 is 14.8 Å². The van der Waals surface area contributed by atoms with E-state index in [0.717, 1.165) is 17.2 Å². The van der Waals surface area contributed by atoms with Gasteiger partial charge in [0.25, 0.3) is 0 Å². The van der Waals surface area contributed by atoms with Crippen LogP contribution in [-0.2, 0) is 19.1 Å². The molecule has 6 heteroatoms. The van der Waals surface area contributed by atoms with Gasteiger partial charge in [0.1, 0.15) is 11.5 Å². The molecule has 1 N–H and O–H groups in total. The Balaban J connectivity index is 2.41. The second-order valence-electron chi connectivity index (χ2n) is 4.75. The summed E-state index contributed by atoms with van der Waals surface area (Å²) < 4.78 is 22.3. The van der Waals surface area contributed by atoms with Crippen molar-refractivity contribution in [1.29, 1.82) is 0 Å². The minimum Gasteiger partial charge on any atom is -0.466 e. The van der Waals surface area contributed by atoms with Crippen LogP contribution in [0, 0.1) is 5.82 Å². The molecule has 0 fully saturated rings. The molecule has 0 aliphatic rings. The Bertz CT molecular complexity index is 769. The van der Waals surface area contributed by atoms with Gasteiger partial charge in [-0.15, -0.1) is 0 Å². The van der Waals surface area contributed by atoms with Crippen LogP contribution < -0.4 is 5.32 Å². The van der Waals surface area contributed by atoms with Crippen molar-refractivity contribution >= 4 is 17.6 Å². The number of carbonyl (C=O) groups is 2. The quantitative estimate of drug-likeness (QED) is 0.674. The highest BCUT2D eigenvalue weighted by molar-refractivity contribution is 5.99. The molecule has 0 aromatic heterocycles. The maximum Gasteiger partial charge on any atom is 0.354 e. The van der Waals surface area contributed by atoms with Crippen LogP contribution in [0.15, 0.2) is 60.3 Å². The summed E-state index contributed by atoms with van der Waals surface area (Å²) in [6, 6.07) is 13.0. The average molecular weight is 329 g/mol. The van der Waals surface area contributed by atoms with E-state index in [-0.39, 0.29) is 11.5 Å². The zero-order chi connectivity index (χ0) is 17.5. The molecular formula is C18H16FNO4. The lowest BCUT2D eigenvalue weighted by atomic mass is 10.0. The van der Waals surface area contributed by atoms with E-state index in [9.17, 15) is 14.0 Å². The third kappa shape index (κ3) is 4.19. The number of hydrogen-bond donors (Lipinski definition) is 1. The zero-order valence-electron chi connectivity index (χ0n) is 13.2. The van der Waals surface area contributed by atoms with Gasteiger partial charge in [-0.3, -0.25) is 0 Å². The summed E-state index contributed by atoms with van der Waals surface area (Å²) in [4.78, 5) is 23.3. The highest BCUT2D eigenvalue weighted by Gasteiger charge is 2.15. The number of hydrogen-bond acceptors (Lipinski definition) is 5. The summed E-state index contributed by atoms with van der Waals surface area (Å²) in [6.45, 7) is 0. The van der Waals surface area contributed by atoms with Crippen LogP contribution in [0.4, 0.5) is 10.1 Å². The lowest BCUT2D eigenvalue weighted by Gasteiger charge is -2.13. The van der Waals surface area contributed by atoms with Crippen LogP contribution in [0.3, 0.4) is 0 Å². The van der Waals surface area contributed by atoms with Gasteiger partial charge in [0, 0.05) is 11.3 Å². The van der Waals surface area contributed by atoms with E-state index in [4.69, 9.17) is 0 Å². The van der Waals surface area contributed by atoms with Crippen LogP contribution >= 0.6 is 0 Å². The molecule has 0 atom stereocenters. The van der Waals surface area contributed by atoms with Crippen LogP contribution in [0.2, 0.25) is 0 Å². The van der Waals surface area contributed by atoms with Crippen molar-refractivity contribution in [2.75, 3.05) is 19.5 Å². The van der Waals surface area contributed by atoms with E-state index >= 15 is 0 Å². The topological polar surface area (TPSA) is 64.6 Å². The fourth-order valence-electron chi connectivity index (χ4n) is 2.05. The maximum atomic E-state index is 13.1. The van der Waals surface area contributed by atoms with Gasteiger partial charge in [-0.25, -0.2) is 14.0 Å². The molecule has 2 rings (SSSR count). The van der Waals surface area contributed by atoms with Crippen molar-refractivity contribution in [3.63, 3.8) is 0 Å². The molecule has 0 amide bonds. The number of methoxy groups -OCH3 is 2. The highest BCUT2D eigenvalue weighted by atomic mass is 19.1. The normalized spacial score (nSPS) is 10.9. The lowest BCUT2D eigenvalue weighted by Crippen LogP contribution is -2.15. The first-order valence-electron chi connectivity index (χ1n) is 7.05. The van der Waals surface area contributed by atoms with Crippen molar-refractivity contribution < 1.29 is 23.5 Å². The fraction of sp³-hybridized carbons (Fsp3) is 0.111. The number of halogens is 1. The molecule has 2 aromatic carbocycles. The summed E-state index contributed by atoms with van der Waals surface area (Å²) in [5.74, 6) is -1.75. The fourth-order valence-corrected chi connectivity index (χ4v) is 2.05. The van der Waals surface area contributed by atoms with Gasteiger partial charge in [0.05, 0.1) is 20.3 Å². The number of carbonyl (C=O) groups excluding carboxylic acids is 2. The van der Waals surface area contributed by atoms with Crippen molar-refractivity contribution in [2.24, 2.45) is 0 Å². The number of para-hydroxylation sites is 1. The Kier molecular flexibility index (Phi) is 5.68. The molecule has 24 heavy (non-hydrogen) atoms. The van der Waals surface area contributed by atoms with Gasteiger partial charge in [0.15, 0.2) is 0 Å². The largest absolute Gasteiger partial charge is 0.466 e. The molecular weight excluding hydrogens is 313 g/mol. The van der Waals surface area contributed by atoms with Gasteiger partial charge in [-0.05, 0) is 23.8 Å². The first kappa shape index (κ1) is 17.2. The van der Waals surface area contributed by atoms with Crippen molar-refractivity contribution in [1.82, 2.24) is 0 Å². The van der Waals surface area contributed by atoms with Crippen LogP contribution in [0.5, 0.6) is 0 Å². The molecule has 0 aliphatic heterocycles. The van der Waals surface area contributed by atoms with Crippen molar-refractivity contribution in [3.05, 3.63) is 66.1 Å². The average Bonchev–Trinajstić information content (AvgIpc) is 2.61. The number of anilines is 1. The molecule has 2 aromatic rings. The second kappa shape index (κ2) is 7.92. The smallest absolute Gasteiger partial charge is 0.354 e. The first-order valence-corrected chi connectivity index (χ1v) is 7.05. The molecule has 0 aliphatic carbocycles. The maximum absolute atomic E-state index is 13.1. The number of rotatable bonds is 5. The highest BCUT2D eigenvalue weighted by Crippen LogP contribution is 2.29. The van der Waals surface area contributed by atoms with Gasteiger partial charge in [0.2, 0.25) is 0 Å². The Labute approximate surface area is 138 Å². The third-order valence-corrected chi connectivity index (χ3v) is 3.22. The predicted octanol–water partition coefficient (Wildman–Crippen LogP) is 3.13. The molecule has 0 radical (unpaired) electrons. The summed E-state index contributed by atoms with van der Waals surface area (Å²) in [5.41, 5.74) is 1.97. The van der Waals surface area contributed by atoms with Gasteiger partial charge in [-0.2, -0.15) is 0 Å². The predicted molar refractivity (Wildman–Crippen MR) is 87.6 cm³/mol. The number of nitrogens with one attached hydrogen (secondary N) is 1. The monoisotopic (exact) mass is 329 g/mol. The SMILES string of the molecule is COC(=O)/C=C(/Nc1ccccc1-c1ccc(F)cc1)C(=O)OC. The Morgan fingerprint density at radius 2 is 1.67 bits per heavy atom. The minimum absolute atomic E-state index is 0.0705. The number of esters is 2. The van der Waals surface area contributed by atoms with Crippen molar-refractivity contribution in [3.8, 4) is 11.1 Å². The molecule has 124 valence electrons. The van der Waals surface area contributed by atoms with Crippen LogP contribution in [-0.4, -0.2) is 26.2 Å². The zero-order valence-corrected chi connectivity index (χ0v) is 13.2. The minimum atomic E-state index is -0.714. The standard InChI is InChI=1S/C18H16FNO4/c1-23-17(21)11-16(18(22)24-2)20-15-6-4-3-5-14(15)12-7-9-13(19)10-8-12/h3-11,20H,1-2H3/b16-11+. The molecule has 0 spiro atoms. The van der Waals surface area contributed by atoms with Crippen molar-refractivity contribution in [2.45, 2.75) is 0 Å². The first-order chi connectivity index (χ1) is 11.5. The summed E-state index contributed by atoms with van der Waals surface area (Å²) in [5, 5.41) is 2.87. The van der Waals surface area contributed by atoms with Crippen LogP contribution in [0.1, 0.15) is 0 Å². The molecule has 5 nitrogen and oxygen atoms in total. The molecule has 0 heterocycles. The van der Waals surface area contributed by atoms with Crippen LogP contribution in [0.25, 0.3) is 11.1 Å². The molecule has 0 saturated carbocycles. The van der Waals surface area contributed by atoms with E-state index in [1.54, 1.807) is 24.3 Å². The van der Waals surface area contributed by atoms with E-state index < -0.39 is 11.9 Å². The number of benzene rings is 2.